The van der Waals surface area contributed by atoms with Crippen molar-refractivity contribution >= 4 is 0 Å². The van der Waals surface area contributed by atoms with E-state index in [0.29, 0.717) is 0 Å². The quantitative estimate of drug-likeness (QED) is 0.779. The van der Waals surface area contributed by atoms with Crippen molar-refractivity contribution in [2.24, 2.45) is 5.92 Å². The maximum Gasteiger partial charge on any atom is 0.0221 e. The first-order chi connectivity index (χ1) is 9.26. The molecule has 2 nitrogen and oxygen atoms in total. The lowest BCUT2D eigenvalue weighted by Crippen LogP contribution is -2.60. The Hall–Kier alpha value is -0.0800. The molecule has 1 heterocycles. The molecule has 0 aromatic carbocycles. The normalized spacial score (nSPS) is 38.1. The summed E-state index contributed by atoms with van der Waals surface area (Å²) in [5, 5.41) is 3.78. The second kappa shape index (κ2) is 7.64. The molecule has 0 amide bonds. The Morgan fingerprint density at radius 3 is 2.63 bits per heavy atom. The molecule has 1 aliphatic carbocycles. The molecule has 2 rings (SSSR count). The topological polar surface area (TPSA) is 15.3 Å². The van der Waals surface area contributed by atoms with Crippen LogP contribution in [0.1, 0.15) is 72.1 Å². The van der Waals surface area contributed by atoms with Crippen molar-refractivity contribution in [2.75, 3.05) is 13.1 Å². The van der Waals surface area contributed by atoms with Crippen molar-refractivity contribution in [2.45, 2.75) is 90.3 Å². The van der Waals surface area contributed by atoms with Crippen molar-refractivity contribution in [3.63, 3.8) is 0 Å². The fourth-order valence-electron chi connectivity index (χ4n) is 4.18. The largest absolute Gasteiger partial charge is 0.311 e. The van der Waals surface area contributed by atoms with Gasteiger partial charge in [-0.3, -0.25) is 4.90 Å². The third-order valence-corrected chi connectivity index (χ3v) is 5.39. The molecular formula is C17H34N2. The van der Waals surface area contributed by atoms with Crippen LogP contribution in [-0.4, -0.2) is 36.1 Å². The fraction of sp³-hybridized carbons (Fsp3) is 1.00. The highest BCUT2D eigenvalue weighted by Crippen LogP contribution is 2.30. The monoisotopic (exact) mass is 266 g/mol. The molecule has 0 aromatic rings. The summed E-state index contributed by atoms with van der Waals surface area (Å²) < 4.78 is 0. The number of rotatable bonds is 4. The molecule has 1 saturated heterocycles. The number of hydrogen-bond donors (Lipinski definition) is 1. The van der Waals surface area contributed by atoms with E-state index in [1.54, 1.807) is 0 Å². The summed E-state index contributed by atoms with van der Waals surface area (Å²) >= 11 is 0. The maximum absolute atomic E-state index is 3.78. The summed E-state index contributed by atoms with van der Waals surface area (Å²) in [6, 6.07) is 2.37. The Bertz CT molecular complexity index is 254. The summed E-state index contributed by atoms with van der Waals surface area (Å²) in [7, 11) is 0. The minimum absolute atomic E-state index is 0.739. The molecule has 19 heavy (non-hydrogen) atoms. The van der Waals surface area contributed by atoms with Crippen LogP contribution in [0.25, 0.3) is 0 Å². The average Bonchev–Trinajstić information content (AvgIpc) is 2.64. The third kappa shape index (κ3) is 3.95. The van der Waals surface area contributed by atoms with Crippen LogP contribution >= 0.6 is 0 Å². The highest BCUT2D eigenvalue weighted by molar-refractivity contribution is 4.91. The molecule has 0 aromatic heterocycles. The summed E-state index contributed by atoms with van der Waals surface area (Å²) in [4.78, 5) is 2.90. The van der Waals surface area contributed by atoms with Crippen LogP contribution in [0.3, 0.4) is 0 Å². The number of piperazine rings is 1. The van der Waals surface area contributed by atoms with Gasteiger partial charge in [-0.1, -0.05) is 46.5 Å². The molecule has 4 atom stereocenters. The van der Waals surface area contributed by atoms with E-state index >= 15 is 0 Å². The molecule has 2 aliphatic rings. The molecule has 1 saturated carbocycles. The van der Waals surface area contributed by atoms with Gasteiger partial charge in [-0.2, -0.15) is 0 Å². The van der Waals surface area contributed by atoms with E-state index in [1.165, 1.54) is 64.5 Å². The number of hydrogen-bond acceptors (Lipinski definition) is 2. The van der Waals surface area contributed by atoms with E-state index in [1.807, 2.05) is 0 Å². The van der Waals surface area contributed by atoms with Gasteiger partial charge in [0.15, 0.2) is 0 Å². The molecule has 0 bridgehead atoms. The van der Waals surface area contributed by atoms with Crippen LogP contribution in [0, 0.1) is 5.92 Å². The van der Waals surface area contributed by atoms with Crippen LogP contribution in [0.2, 0.25) is 0 Å². The minimum Gasteiger partial charge on any atom is -0.311 e. The van der Waals surface area contributed by atoms with Gasteiger partial charge in [-0.25, -0.2) is 0 Å². The Balaban J connectivity index is 2.03. The Kier molecular flexibility index (Phi) is 6.15. The predicted octanol–water partition coefficient (Wildman–Crippen LogP) is 3.81. The van der Waals surface area contributed by atoms with E-state index in [-0.39, 0.29) is 0 Å². The second-order valence-corrected chi connectivity index (χ2v) is 6.84. The highest BCUT2D eigenvalue weighted by Gasteiger charge is 2.34. The van der Waals surface area contributed by atoms with Crippen molar-refractivity contribution < 1.29 is 0 Å². The summed E-state index contributed by atoms with van der Waals surface area (Å²) in [6.45, 7) is 9.68. The Morgan fingerprint density at radius 2 is 1.89 bits per heavy atom. The summed E-state index contributed by atoms with van der Waals surface area (Å²) in [5.41, 5.74) is 0. The first kappa shape index (κ1) is 15.3. The molecule has 4 unspecified atom stereocenters. The SMILES string of the molecule is CCCC1CN(C2CCCCCC2C)C(CC)CN1. The first-order valence-corrected chi connectivity index (χ1v) is 8.75. The highest BCUT2D eigenvalue weighted by atomic mass is 15.3. The van der Waals surface area contributed by atoms with E-state index in [2.05, 4.69) is 31.0 Å². The van der Waals surface area contributed by atoms with E-state index in [9.17, 15) is 0 Å². The van der Waals surface area contributed by atoms with Crippen LogP contribution in [0.5, 0.6) is 0 Å². The van der Waals surface area contributed by atoms with E-state index < -0.39 is 0 Å². The second-order valence-electron chi connectivity index (χ2n) is 6.84. The lowest BCUT2D eigenvalue weighted by Gasteiger charge is -2.46. The van der Waals surface area contributed by atoms with Gasteiger partial charge in [-0.15, -0.1) is 0 Å². The molecule has 2 fully saturated rings. The van der Waals surface area contributed by atoms with Crippen LogP contribution < -0.4 is 5.32 Å². The Morgan fingerprint density at radius 1 is 1.11 bits per heavy atom. The Labute approximate surface area is 120 Å². The van der Waals surface area contributed by atoms with Crippen LogP contribution in [-0.2, 0) is 0 Å². The van der Waals surface area contributed by atoms with Gasteiger partial charge < -0.3 is 5.32 Å². The van der Waals surface area contributed by atoms with Crippen molar-refractivity contribution in [3.05, 3.63) is 0 Å². The number of nitrogens with one attached hydrogen (secondary N) is 1. The van der Waals surface area contributed by atoms with Gasteiger partial charge in [0.05, 0.1) is 0 Å². The van der Waals surface area contributed by atoms with E-state index in [4.69, 9.17) is 0 Å². The lowest BCUT2D eigenvalue weighted by atomic mass is 9.91. The van der Waals surface area contributed by atoms with Crippen molar-refractivity contribution in [1.29, 1.82) is 0 Å². The maximum atomic E-state index is 3.78. The van der Waals surface area contributed by atoms with Gasteiger partial charge in [0.25, 0.3) is 0 Å². The van der Waals surface area contributed by atoms with Crippen molar-refractivity contribution in [1.82, 2.24) is 10.2 Å². The summed E-state index contributed by atoms with van der Waals surface area (Å²) in [6.07, 6.45) is 11.2. The van der Waals surface area contributed by atoms with Crippen molar-refractivity contribution in [3.8, 4) is 0 Å². The molecule has 0 spiro atoms. The van der Waals surface area contributed by atoms with Crippen LogP contribution in [0.4, 0.5) is 0 Å². The standard InChI is InChI=1S/C17H34N2/c1-4-9-15-13-19(16(5-2)12-18-15)17-11-8-6-7-10-14(17)3/h14-18H,4-13H2,1-3H3. The minimum atomic E-state index is 0.739. The van der Waals surface area contributed by atoms with Gasteiger partial charge in [0.2, 0.25) is 0 Å². The lowest BCUT2D eigenvalue weighted by molar-refractivity contribution is 0.0469. The number of nitrogens with zero attached hydrogens (tertiary/aromatic N) is 1. The molecule has 1 aliphatic heterocycles. The molecular weight excluding hydrogens is 232 g/mol. The van der Waals surface area contributed by atoms with Gasteiger partial charge in [0, 0.05) is 31.2 Å². The zero-order chi connectivity index (χ0) is 13.7. The zero-order valence-corrected chi connectivity index (χ0v) is 13.3. The fourth-order valence-corrected chi connectivity index (χ4v) is 4.18. The van der Waals surface area contributed by atoms with Crippen LogP contribution in [0.15, 0.2) is 0 Å². The predicted molar refractivity (Wildman–Crippen MR) is 83.5 cm³/mol. The average molecular weight is 266 g/mol. The summed E-state index contributed by atoms with van der Waals surface area (Å²) in [5.74, 6) is 0.900. The first-order valence-electron chi connectivity index (χ1n) is 8.75. The molecule has 1 N–H and O–H groups in total. The molecule has 112 valence electrons. The molecule has 0 radical (unpaired) electrons. The van der Waals surface area contributed by atoms with Gasteiger partial charge in [-0.05, 0) is 31.6 Å². The zero-order valence-electron chi connectivity index (χ0n) is 13.3. The third-order valence-electron chi connectivity index (χ3n) is 5.39. The molecule has 2 heteroatoms. The van der Waals surface area contributed by atoms with Gasteiger partial charge in [0.1, 0.15) is 0 Å². The van der Waals surface area contributed by atoms with Gasteiger partial charge >= 0.3 is 0 Å². The van der Waals surface area contributed by atoms with E-state index in [0.717, 1.165) is 24.0 Å². The smallest absolute Gasteiger partial charge is 0.0221 e.